The third-order valence-corrected chi connectivity index (χ3v) is 4.02. The largest absolute Gasteiger partial charge is 0.508 e. The summed E-state index contributed by atoms with van der Waals surface area (Å²) in [6.07, 6.45) is 3.65. The molecule has 22 heavy (non-hydrogen) atoms. The van der Waals surface area contributed by atoms with Gasteiger partial charge in [0, 0.05) is 30.6 Å². The highest BCUT2D eigenvalue weighted by Crippen LogP contribution is 2.30. The SMILES string of the molecule is C=C1CCCN1C(=O)CC(c1ccc(O)cc1)c1ccon1. The van der Waals surface area contributed by atoms with Gasteiger partial charge in [0.2, 0.25) is 5.91 Å². The highest BCUT2D eigenvalue weighted by atomic mass is 16.5. The molecular formula is C17H18N2O3. The highest BCUT2D eigenvalue weighted by Gasteiger charge is 2.27. The molecule has 0 radical (unpaired) electrons. The average Bonchev–Trinajstić information content (AvgIpc) is 3.17. The monoisotopic (exact) mass is 298 g/mol. The van der Waals surface area contributed by atoms with Crippen LogP contribution in [0.25, 0.3) is 0 Å². The lowest BCUT2D eigenvalue weighted by Crippen LogP contribution is -2.27. The molecule has 5 heteroatoms. The Morgan fingerprint density at radius 2 is 2.14 bits per heavy atom. The average molecular weight is 298 g/mol. The summed E-state index contributed by atoms with van der Waals surface area (Å²) in [6, 6.07) is 8.61. The number of benzene rings is 1. The lowest BCUT2D eigenvalue weighted by atomic mass is 9.92. The number of rotatable bonds is 4. The number of phenolic OH excluding ortho intramolecular Hbond substituents is 1. The Morgan fingerprint density at radius 3 is 2.73 bits per heavy atom. The van der Waals surface area contributed by atoms with Gasteiger partial charge in [-0.1, -0.05) is 23.9 Å². The molecule has 1 saturated heterocycles. The molecule has 1 fully saturated rings. The normalized spacial score (nSPS) is 16.0. The van der Waals surface area contributed by atoms with Gasteiger partial charge < -0.3 is 14.5 Å². The molecule has 1 aromatic heterocycles. The van der Waals surface area contributed by atoms with E-state index in [4.69, 9.17) is 4.52 Å². The first-order valence-corrected chi connectivity index (χ1v) is 7.32. The van der Waals surface area contributed by atoms with Gasteiger partial charge in [-0.05, 0) is 30.5 Å². The van der Waals surface area contributed by atoms with Crippen molar-refractivity contribution in [1.29, 1.82) is 0 Å². The maximum atomic E-state index is 12.6. The summed E-state index contributed by atoms with van der Waals surface area (Å²) in [5, 5.41) is 13.4. The van der Waals surface area contributed by atoms with Gasteiger partial charge in [-0.2, -0.15) is 0 Å². The Morgan fingerprint density at radius 1 is 1.36 bits per heavy atom. The van der Waals surface area contributed by atoms with Crippen molar-refractivity contribution < 1.29 is 14.4 Å². The molecule has 114 valence electrons. The summed E-state index contributed by atoms with van der Waals surface area (Å²) in [5.41, 5.74) is 2.52. The van der Waals surface area contributed by atoms with Crippen LogP contribution < -0.4 is 0 Å². The Hall–Kier alpha value is -2.56. The first kappa shape index (κ1) is 14.4. The highest BCUT2D eigenvalue weighted by molar-refractivity contribution is 5.79. The standard InChI is InChI=1S/C17H18N2O3/c1-12-3-2-9-19(12)17(21)11-15(16-8-10-22-18-16)13-4-6-14(20)7-5-13/h4-8,10,15,20H,1-3,9,11H2. The van der Waals surface area contributed by atoms with E-state index < -0.39 is 0 Å². The molecule has 0 aliphatic carbocycles. The summed E-state index contributed by atoms with van der Waals surface area (Å²) in [5.74, 6) is 0.0470. The van der Waals surface area contributed by atoms with Crippen LogP contribution in [0.3, 0.4) is 0 Å². The van der Waals surface area contributed by atoms with Gasteiger partial charge in [0.25, 0.3) is 0 Å². The lowest BCUT2D eigenvalue weighted by Gasteiger charge is -2.21. The predicted octanol–water partition coefficient (Wildman–Crippen LogP) is 3.04. The van der Waals surface area contributed by atoms with E-state index in [0.717, 1.165) is 30.6 Å². The molecule has 1 aliphatic rings. The molecule has 1 aliphatic heterocycles. The molecule has 1 unspecified atom stereocenters. The van der Waals surface area contributed by atoms with Crippen molar-refractivity contribution in [2.45, 2.75) is 25.2 Å². The molecule has 1 N–H and O–H groups in total. The molecule has 5 nitrogen and oxygen atoms in total. The van der Waals surface area contributed by atoms with Crippen molar-refractivity contribution >= 4 is 5.91 Å². The number of phenols is 1. The van der Waals surface area contributed by atoms with Crippen molar-refractivity contribution in [2.75, 3.05) is 6.54 Å². The van der Waals surface area contributed by atoms with Crippen molar-refractivity contribution in [3.63, 3.8) is 0 Å². The molecule has 1 aromatic carbocycles. The van der Waals surface area contributed by atoms with Gasteiger partial charge in [-0.25, -0.2) is 0 Å². The Labute approximate surface area is 128 Å². The third kappa shape index (κ3) is 2.88. The van der Waals surface area contributed by atoms with Crippen LogP contribution in [0.1, 0.15) is 36.4 Å². The van der Waals surface area contributed by atoms with Crippen LogP contribution in [-0.4, -0.2) is 27.6 Å². The Bertz CT molecular complexity index is 662. The third-order valence-electron chi connectivity index (χ3n) is 4.02. The van der Waals surface area contributed by atoms with Crippen molar-refractivity contribution in [1.82, 2.24) is 10.1 Å². The van der Waals surface area contributed by atoms with E-state index in [-0.39, 0.29) is 17.6 Å². The van der Waals surface area contributed by atoms with E-state index in [0.29, 0.717) is 12.1 Å². The number of carbonyl (C=O) groups is 1. The fourth-order valence-electron chi connectivity index (χ4n) is 2.82. The van der Waals surface area contributed by atoms with Crippen molar-refractivity contribution in [3.05, 3.63) is 60.1 Å². The van der Waals surface area contributed by atoms with Crippen LogP contribution >= 0.6 is 0 Å². The van der Waals surface area contributed by atoms with Crippen molar-refractivity contribution in [2.24, 2.45) is 0 Å². The van der Waals surface area contributed by atoms with Crippen LogP contribution in [0.2, 0.25) is 0 Å². The number of aromatic nitrogens is 1. The fourth-order valence-corrected chi connectivity index (χ4v) is 2.82. The Kier molecular flexibility index (Phi) is 3.96. The summed E-state index contributed by atoms with van der Waals surface area (Å²) in [4.78, 5) is 14.3. The second-order valence-electron chi connectivity index (χ2n) is 5.49. The molecule has 0 spiro atoms. The number of hydrogen-bond acceptors (Lipinski definition) is 4. The van der Waals surface area contributed by atoms with Crippen molar-refractivity contribution in [3.8, 4) is 5.75 Å². The van der Waals surface area contributed by atoms with Crippen LogP contribution in [0.15, 0.2) is 53.4 Å². The molecule has 2 aromatic rings. The van der Waals surface area contributed by atoms with Crippen LogP contribution in [0.5, 0.6) is 5.75 Å². The summed E-state index contributed by atoms with van der Waals surface area (Å²) in [7, 11) is 0. The zero-order chi connectivity index (χ0) is 15.5. The number of likely N-dealkylation sites (tertiary alicyclic amines) is 1. The van der Waals surface area contributed by atoms with Gasteiger partial charge in [0.05, 0.1) is 5.69 Å². The maximum Gasteiger partial charge on any atom is 0.227 e. The zero-order valence-electron chi connectivity index (χ0n) is 12.2. The van der Waals surface area contributed by atoms with Gasteiger partial charge in [0.1, 0.15) is 12.0 Å². The van der Waals surface area contributed by atoms with E-state index in [2.05, 4.69) is 11.7 Å². The second kappa shape index (κ2) is 6.05. The number of nitrogens with zero attached hydrogens (tertiary/aromatic N) is 2. The van der Waals surface area contributed by atoms with Gasteiger partial charge in [-0.3, -0.25) is 4.79 Å². The minimum Gasteiger partial charge on any atom is -0.508 e. The lowest BCUT2D eigenvalue weighted by molar-refractivity contribution is -0.128. The molecule has 1 atom stereocenters. The van der Waals surface area contributed by atoms with E-state index >= 15 is 0 Å². The number of aromatic hydroxyl groups is 1. The summed E-state index contributed by atoms with van der Waals surface area (Å²) < 4.78 is 4.93. The number of allylic oxidation sites excluding steroid dienone is 1. The maximum absolute atomic E-state index is 12.6. The summed E-state index contributed by atoms with van der Waals surface area (Å²) >= 11 is 0. The smallest absolute Gasteiger partial charge is 0.227 e. The molecular weight excluding hydrogens is 280 g/mol. The molecule has 0 bridgehead atoms. The number of hydrogen-bond donors (Lipinski definition) is 1. The van der Waals surface area contributed by atoms with E-state index in [9.17, 15) is 9.90 Å². The molecule has 3 rings (SSSR count). The van der Waals surface area contributed by atoms with E-state index in [1.807, 2.05) is 0 Å². The Balaban J connectivity index is 1.84. The quantitative estimate of drug-likeness (QED) is 0.942. The van der Waals surface area contributed by atoms with Gasteiger partial charge in [-0.15, -0.1) is 0 Å². The minimum absolute atomic E-state index is 0.0450. The van der Waals surface area contributed by atoms with E-state index in [1.165, 1.54) is 6.26 Å². The molecule has 2 heterocycles. The van der Waals surface area contributed by atoms with Crippen LogP contribution in [0, 0.1) is 0 Å². The molecule has 1 amide bonds. The van der Waals surface area contributed by atoms with Crippen LogP contribution in [0.4, 0.5) is 0 Å². The minimum atomic E-state index is -0.194. The number of amides is 1. The molecule has 0 saturated carbocycles. The number of carbonyl (C=O) groups excluding carboxylic acids is 1. The summed E-state index contributed by atoms with van der Waals surface area (Å²) in [6.45, 7) is 4.68. The first-order chi connectivity index (χ1) is 10.6. The fraction of sp³-hybridized carbons (Fsp3) is 0.294. The van der Waals surface area contributed by atoms with Gasteiger partial charge in [0.15, 0.2) is 0 Å². The predicted molar refractivity (Wildman–Crippen MR) is 81.2 cm³/mol. The zero-order valence-corrected chi connectivity index (χ0v) is 12.2. The second-order valence-corrected chi connectivity index (χ2v) is 5.49. The van der Waals surface area contributed by atoms with Crippen LogP contribution in [-0.2, 0) is 4.79 Å². The van der Waals surface area contributed by atoms with E-state index in [1.54, 1.807) is 35.2 Å². The van der Waals surface area contributed by atoms with Gasteiger partial charge >= 0.3 is 0 Å². The first-order valence-electron chi connectivity index (χ1n) is 7.32. The topological polar surface area (TPSA) is 66.6 Å².